The van der Waals surface area contributed by atoms with Gasteiger partial charge in [-0.15, -0.1) is 12.6 Å². The largest absolute Gasteiger partial charge is 0.333 e. The normalized spacial score (nSPS) is 20.1. The third-order valence-corrected chi connectivity index (χ3v) is 4.66. The number of rotatable bonds is 2. The highest BCUT2D eigenvalue weighted by molar-refractivity contribution is 8.11. The topological polar surface area (TPSA) is 53.4 Å². The predicted octanol–water partition coefficient (Wildman–Crippen LogP) is 2.46. The number of aromatic nitrogens is 2. The molecule has 0 saturated heterocycles. The molecule has 104 valence electrons. The molecule has 0 spiro atoms. The summed E-state index contributed by atoms with van der Waals surface area (Å²) in [5.41, 5.74) is 3.05. The van der Waals surface area contributed by atoms with Gasteiger partial charge in [0.05, 0.1) is 21.7 Å². The van der Waals surface area contributed by atoms with Crippen LogP contribution in [0.15, 0.2) is 57.6 Å². The minimum atomic E-state index is -0.859. The van der Waals surface area contributed by atoms with Gasteiger partial charge >= 0.3 is 0 Å². The van der Waals surface area contributed by atoms with E-state index in [1.807, 2.05) is 49.4 Å². The molecule has 0 radical (unpaired) electrons. The number of nitrogens with zero attached hydrogens (tertiary/aromatic N) is 3. The number of H-pyrrole nitrogens is 1. The molecule has 1 aliphatic heterocycles. The van der Waals surface area contributed by atoms with E-state index >= 15 is 0 Å². The van der Waals surface area contributed by atoms with Crippen molar-refractivity contribution in [3.05, 3.63) is 58.7 Å². The van der Waals surface area contributed by atoms with E-state index < -0.39 is 4.33 Å². The molecule has 1 unspecified atom stereocenters. The van der Waals surface area contributed by atoms with Crippen LogP contribution < -0.4 is 10.7 Å². The van der Waals surface area contributed by atoms with E-state index in [1.165, 1.54) is 11.8 Å². The number of thioether (sulfide) groups is 1. The van der Waals surface area contributed by atoms with Gasteiger partial charge in [0.2, 0.25) is 0 Å². The number of nitrogens with one attached hydrogen (secondary N) is 1. The Morgan fingerprint density at radius 1 is 1.10 bits per heavy atom. The van der Waals surface area contributed by atoms with Crippen LogP contribution in [-0.2, 0) is 0 Å². The fourth-order valence-electron chi connectivity index (χ4n) is 2.36. The maximum absolute atomic E-state index is 4.65. The number of thiol groups is 1. The summed E-state index contributed by atoms with van der Waals surface area (Å²) in [5.74, 6) is 0. The molecule has 2 aromatic carbocycles. The number of hydrogen-bond donors (Lipinski definition) is 2. The molecule has 4 rings (SSSR count). The van der Waals surface area contributed by atoms with Gasteiger partial charge in [0.15, 0.2) is 5.16 Å². The monoisotopic (exact) mass is 312 g/mol. The van der Waals surface area contributed by atoms with E-state index in [2.05, 4.69) is 32.6 Å². The molecule has 4 nitrogen and oxygen atoms in total. The molecule has 0 bridgehead atoms. The number of imidazole rings is 1. The Labute approximate surface area is 130 Å². The van der Waals surface area contributed by atoms with Crippen molar-refractivity contribution < 1.29 is 0 Å². The van der Waals surface area contributed by atoms with Crippen molar-refractivity contribution in [2.45, 2.75) is 16.4 Å². The summed E-state index contributed by atoms with van der Waals surface area (Å²) in [6, 6.07) is 13.9. The van der Waals surface area contributed by atoms with Gasteiger partial charge in [0.1, 0.15) is 0 Å². The maximum atomic E-state index is 4.65. The second kappa shape index (κ2) is 4.61. The van der Waals surface area contributed by atoms with Crippen molar-refractivity contribution >= 4 is 35.4 Å². The number of benzene rings is 2. The van der Waals surface area contributed by atoms with E-state index in [0.29, 0.717) is 0 Å². The first-order valence-electron chi connectivity index (χ1n) is 6.54. The fraction of sp³-hybridized carbons (Fsp3) is 0.133. The van der Waals surface area contributed by atoms with Crippen LogP contribution in [0.25, 0.3) is 11.0 Å². The quantitative estimate of drug-likeness (QED) is 0.564. The number of aryl methyl sites for hydroxylation is 1. The van der Waals surface area contributed by atoms with Gasteiger partial charge in [0, 0.05) is 0 Å². The minimum absolute atomic E-state index is 0.768. The van der Waals surface area contributed by atoms with Gasteiger partial charge in [-0.25, -0.2) is 15.0 Å². The van der Waals surface area contributed by atoms with Crippen LogP contribution in [0.1, 0.15) is 5.56 Å². The zero-order valence-electron chi connectivity index (χ0n) is 11.2. The molecular formula is C15H12N4S2. The highest BCUT2D eigenvalue weighted by atomic mass is 32.2. The molecule has 0 amide bonds. The van der Waals surface area contributed by atoms with Crippen LogP contribution in [0.3, 0.4) is 0 Å². The number of hydrogen-bond acceptors (Lipinski definition) is 5. The highest BCUT2D eigenvalue weighted by Crippen LogP contribution is 2.38. The van der Waals surface area contributed by atoms with E-state index in [-0.39, 0.29) is 0 Å². The van der Waals surface area contributed by atoms with Gasteiger partial charge in [-0.05, 0) is 42.4 Å². The minimum Gasteiger partial charge on any atom is -0.333 e. The van der Waals surface area contributed by atoms with Crippen LogP contribution in [0, 0.1) is 6.92 Å². The molecule has 1 atom stereocenters. The Morgan fingerprint density at radius 3 is 2.76 bits per heavy atom. The second-order valence-corrected chi connectivity index (χ2v) is 6.99. The molecule has 2 heterocycles. The molecule has 0 fully saturated rings. The van der Waals surface area contributed by atoms with Crippen LogP contribution in [0.5, 0.6) is 0 Å². The Kier molecular flexibility index (Phi) is 2.83. The average Bonchev–Trinajstić information content (AvgIpc) is 2.99. The summed E-state index contributed by atoms with van der Waals surface area (Å²) < 4.78 is -0.859. The number of para-hydroxylation sites is 3. The maximum Gasteiger partial charge on any atom is 0.251 e. The second-order valence-electron chi connectivity index (χ2n) is 4.90. The lowest BCUT2D eigenvalue weighted by molar-refractivity contribution is 0.898. The lowest BCUT2D eigenvalue weighted by atomic mass is 10.2. The summed E-state index contributed by atoms with van der Waals surface area (Å²) in [5, 5.41) is 2.56. The zero-order valence-corrected chi connectivity index (χ0v) is 12.9. The molecule has 21 heavy (non-hydrogen) atoms. The molecule has 6 heteroatoms. The lowest BCUT2D eigenvalue weighted by Crippen LogP contribution is -2.23. The van der Waals surface area contributed by atoms with Gasteiger partial charge < -0.3 is 4.98 Å². The molecule has 3 aromatic rings. The molecular weight excluding hydrogens is 300 g/mol. The van der Waals surface area contributed by atoms with Crippen molar-refractivity contribution in [1.82, 2.24) is 9.97 Å². The number of fused-ring (bicyclic) bond motifs is 2. The van der Waals surface area contributed by atoms with Crippen LogP contribution in [0.2, 0.25) is 0 Å². The Balaban J connectivity index is 1.76. The van der Waals surface area contributed by atoms with Gasteiger partial charge in [-0.2, -0.15) is 0 Å². The van der Waals surface area contributed by atoms with Crippen molar-refractivity contribution in [1.29, 1.82) is 0 Å². The van der Waals surface area contributed by atoms with Crippen LogP contribution >= 0.6 is 24.4 Å². The average molecular weight is 312 g/mol. The van der Waals surface area contributed by atoms with Gasteiger partial charge in [0.25, 0.3) is 4.33 Å². The zero-order chi connectivity index (χ0) is 14.4. The van der Waals surface area contributed by atoms with Crippen molar-refractivity contribution in [3.8, 4) is 0 Å². The number of aromatic amines is 1. The first kappa shape index (κ1) is 12.9. The summed E-state index contributed by atoms with van der Waals surface area (Å²) in [7, 11) is 0. The smallest absolute Gasteiger partial charge is 0.251 e. The molecule has 1 aliphatic rings. The predicted molar refractivity (Wildman–Crippen MR) is 87.2 cm³/mol. The van der Waals surface area contributed by atoms with Crippen molar-refractivity contribution in [2.75, 3.05) is 0 Å². The summed E-state index contributed by atoms with van der Waals surface area (Å²) in [6.07, 6.45) is 0. The molecule has 1 N–H and O–H groups in total. The molecule has 0 saturated carbocycles. The van der Waals surface area contributed by atoms with Crippen LogP contribution in [-0.4, -0.2) is 14.3 Å². The Bertz CT molecular complexity index is 930. The third-order valence-electron chi connectivity index (χ3n) is 3.34. The highest BCUT2D eigenvalue weighted by Gasteiger charge is 2.30. The fourth-order valence-corrected chi connectivity index (χ4v) is 3.67. The first-order chi connectivity index (χ1) is 10.1. The Morgan fingerprint density at radius 2 is 1.95 bits per heavy atom. The summed E-state index contributed by atoms with van der Waals surface area (Å²) in [4.78, 5) is 17.1. The Hall–Kier alpha value is -1.79. The van der Waals surface area contributed by atoms with E-state index in [1.54, 1.807) is 0 Å². The van der Waals surface area contributed by atoms with Crippen LogP contribution in [0.4, 0.5) is 0 Å². The summed E-state index contributed by atoms with van der Waals surface area (Å²) in [6.45, 7) is 2.03. The first-order valence-corrected chi connectivity index (χ1v) is 7.81. The van der Waals surface area contributed by atoms with E-state index in [4.69, 9.17) is 0 Å². The van der Waals surface area contributed by atoms with Gasteiger partial charge in [-0.3, -0.25) is 0 Å². The lowest BCUT2D eigenvalue weighted by Gasteiger charge is -2.12. The third kappa shape index (κ3) is 2.24. The summed E-state index contributed by atoms with van der Waals surface area (Å²) >= 11 is 6.04. The molecule has 0 aliphatic carbocycles. The van der Waals surface area contributed by atoms with E-state index in [0.717, 1.165) is 32.5 Å². The van der Waals surface area contributed by atoms with Crippen molar-refractivity contribution in [2.24, 2.45) is 9.98 Å². The SMILES string of the molecule is Cc1cccc2c1=NC(S)(Sc1nc3ccccc3[nH]1)N=2. The van der Waals surface area contributed by atoms with Crippen molar-refractivity contribution in [3.63, 3.8) is 0 Å². The van der Waals surface area contributed by atoms with Gasteiger partial charge in [-0.1, -0.05) is 24.3 Å². The molecule has 1 aromatic heterocycles. The standard InChI is InChI=1S/C15H12N4S2/c1-9-5-4-8-12-13(9)19-15(20,18-12)21-14-16-10-6-2-3-7-11(10)17-14/h2-8,20H,1H3,(H,16,17). The van der Waals surface area contributed by atoms with E-state index in [9.17, 15) is 0 Å².